The van der Waals surface area contributed by atoms with E-state index in [9.17, 15) is 4.79 Å². The molecule has 3 heterocycles. The van der Waals surface area contributed by atoms with Crippen LogP contribution in [0.25, 0.3) is 0 Å². The van der Waals surface area contributed by atoms with Gasteiger partial charge in [-0.15, -0.1) is 0 Å². The highest BCUT2D eigenvalue weighted by Gasteiger charge is 2.32. The van der Waals surface area contributed by atoms with Crippen LogP contribution in [0.5, 0.6) is 5.88 Å². The third-order valence-electron chi connectivity index (χ3n) is 4.09. The minimum absolute atomic E-state index is 0.294. The zero-order valence-corrected chi connectivity index (χ0v) is 11.8. The highest BCUT2D eigenvalue weighted by atomic mass is 16.5. The monoisotopic (exact) mass is 276 g/mol. The minimum atomic E-state index is 0.294. The molecule has 0 spiro atoms. The zero-order valence-electron chi connectivity index (χ0n) is 11.8. The van der Waals surface area contributed by atoms with Gasteiger partial charge in [0.15, 0.2) is 5.82 Å². The average Bonchev–Trinajstić information content (AvgIpc) is 2.93. The second kappa shape index (κ2) is 5.64. The lowest BCUT2D eigenvalue weighted by atomic mass is 10.0. The number of carbonyl (C=O) groups excluding carboxylic acids is 1. The van der Waals surface area contributed by atoms with Crippen molar-refractivity contribution >= 4 is 11.7 Å². The van der Waals surface area contributed by atoms with Gasteiger partial charge in [-0.1, -0.05) is 0 Å². The van der Waals surface area contributed by atoms with Gasteiger partial charge < -0.3 is 14.5 Å². The number of hydrogen-bond acceptors (Lipinski definition) is 5. The van der Waals surface area contributed by atoms with Crippen LogP contribution in [0.4, 0.5) is 5.82 Å². The summed E-state index contributed by atoms with van der Waals surface area (Å²) in [6.07, 6.45) is 7.14. The Morgan fingerprint density at radius 3 is 2.85 bits per heavy atom. The van der Waals surface area contributed by atoms with Crippen LogP contribution in [0.3, 0.4) is 0 Å². The maximum absolute atomic E-state index is 11.9. The molecule has 1 atom stereocenters. The van der Waals surface area contributed by atoms with Gasteiger partial charge in [-0.25, -0.2) is 9.97 Å². The molecule has 1 aromatic heterocycles. The molecule has 3 rings (SSSR count). The van der Waals surface area contributed by atoms with Crippen LogP contribution in [-0.2, 0) is 4.79 Å². The Balaban J connectivity index is 1.76. The highest BCUT2D eigenvalue weighted by Crippen LogP contribution is 2.28. The fraction of sp³-hybridized carbons (Fsp3) is 0.643. The number of rotatable bonds is 3. The molecule has 2 saturated heterocycles. The summed E-state index contributed by atoms with van der Waals surface area (Å²) in [4.78, 5) is 24.7. The van der Waals surface area contributed by atoms with Gasteiger partial charge in [-0.3, -0.25) is 4.79 Å². The van der Waals surface area contributed by atoms with Crippen LogP contribution in [-0.4, -0.2) is 53.6 Å². The Morgan fingerprint density at radius 2 is 2.10 bits per heavy atom. The molecule has 0 aliphatic carbocycles. The van der Waals surface area contributed by atoms with Crippen molar-refractivity contribution in [2.45, 2.75) is 31.7 Å². The van der Waals surface area contributed by atoms with E-state index in [1.807, 2.05) is 4.90 Å². The van der Waals surface area contributed by atoms with Gasteiger partial charge in [0.2, 0.25) is 5.91 Å². The number of nitrogens with zero attached hydrogens (tertiary/aromatic N) is 4. The van der Waals surface area contributed by atoms with Crippen molar-refractivity contribution in [2.75, 3.05) is 31.6 Å². The largest absolute Gasteiger partial charge is 0.478 e. The van der Waals surface area contributed by atoms with Crippen molar-refractivity contribution < 1.29 is 9.53 Å². The summed E-state index contributed by atoms with van der Waals surface area (Å²) in [5.41, 5.74) is 0. The lowest BCUT2D eigenvalue weighted by Crippen LogP contribution is -2.48. The van der Waals surface area contributed by atoms with Gasteiger partial charge in [-0.2, -0.15) is 0 Å². The second-order valence-corrected chi connectivity index (χ2v) is 5.32. The molecule has 0 aromatic carbocycles. The number of piperidine rings is 1. The first-order valence-corrected chi connectivity index (χ1v) is 7.19. The van der Waals surface area contributed by atoms with Crippen molar-refractivity contribution in [3.8, 4) is 5.88 Å². The first-order chi connectivity index (χ1) is 9.79. The van der Waals surface area contributed by atoms with E-state index in [0.29, 0.717) is 24.2 Å². The van der Waals surface area contributed by atoms with Gasteiger partial charge in [0.05, 0.1) is 7.11 Å². The van der Waals surface area contributed by atoms with E-state index >= 15 is 0 Å². The summed E-state index contributed by atoms with van der Waals surface area (Å²) in [5, 5.41) is 0. The molecule has 6 heteroatoms. The van der Waals surface area contributed by atoms with Crippen LogP contribution in [0.2, 0.25) is 0 Å². The number of amides is 1. The predicted octanol–water partition coefficient (Wildman–Crippen LogP) is 1.08. The van der Waals surface area contributed by atoms with E-state index in [4.69, 9.17) is 4.74 Å². The SMILES string of the molecule is COc1nccnc1N1CCCC(N2CCCC2=O)C1. The first-order valence-electron chi connectivity index (χ1n) is 7.19. The minimum Gasteiger partial charge on any atom is -0.478 e. The number of carbonyl (C=O) groups is 1. The Kier molecular flexibility index (Phi) is 3.71. The molecule has 6 nitrogen and oxygen atoms in total. The Hall–Kier alpha value is -1.85. The number of aromatic nitrogens is 2. The number of methoxy groups -OCH3 is 1. The normalized spacial score (nSPS) is 23.2. The first kappa shape index (κ1) is 13.1. The summed E-state index contributed by atoms with van der Waals surface area (Å²) in [6, 6.07) is 0.297. The van der Waals surface area contributed by atoms with Crippen LogP contribution in [0, 0.1) is 0 Å². The van der Waals surface area contributed by atoms with Crippen molar-refractivity contribution in [2.24, 2.45) is 0 Å². The van der Waals surface area contributed by atoms with Crippen molar-refractivity contribution in [1.29, 1.82) is 0 Å². The molecule has 1 aromatic rings. The number of hydrogen-bond donors (Lipinski definition) is 0. The van der Waals surface area contributed by atoms with Crippen LogP contribution < -0.4 is 9.64 Å². The van der Waals surface area contributed by atoms with Crippen LogP contribution >= 0.6 is 0 Å². The number of anilines is 1. The molecule has 1 unspecified atom stereocenters. The van der Waals surface area contributed by atoms with Crippen molar-refractivity contribution in [1.82, 2.24) is 14.9 Å². The standard InChI is InChI=1S/C14H20N4O2/c1-20-14-13(15-6-7-16-14)17-8-2-4-11(10-17)18-9-3-5-12(18)19/h6-7,11H,2-5,8-10H2,1H3. The van der Waals surface area contributed by atoms with Gasteiger partial charge >= 0.3 is 0 Å². The molecule has 20 heavy (non-hydrogen) atoms. The molecular weight excluding hydrogens is 256 g/mol. The molecule has 1 amide bonds. The lowest BCUT2D eigenvalue weighted by Gasteiger charge is -2.38. The van der Waals surface area contributed by atoms with E-state index in [1.165, 1.54) is 0 Å². The molecular formula is C14H20N4O2. The second-order valence-electron chi connectivity index (χ2n) is 5.32. The highest BCUT2D eigenvalue weighted by molar-refractivity contribution is 5.78. The molecule has 108 valence electrons. The van der Waals surface area contributed by atoms with E-state index in [-0.39, 0.29) is 0 Å². The molecule has 0 radical (unpaired) electrons. The summed E-state index contributed by atoms with van der Waals surface area (Å²) in [7, 11) is 1.61. The van der Waals surface area contributed by atoms with Crippen LogP contribution in [0.15, 0.2) is 12.4 Å². The summed E-state index contributed by atoms with van der Waals surface area (Å²) in [5.74, 6) is 1.63. The maximum Gasteiger partial charge on any atom is 0.257 e. The fourth-order valence-corrected chi connectivity index (χ4v) is 3.14. The molecule has 2 aliphatic rings. The predicted molar refractivity (Wildman–Crippen MR) is 74.8 cm³/mol. The third kappa shape index (κ3) is 2.42. The molecule has 2 aliphatic heterocycles. The molecule has 0 N–H and O–H groups in total. The van der Waals surface area contributed by atoms with Gasteiger partial charge in [0.25, 0.3) is 5.88 Å². The van der Waals surface area contributed by atoms with Gasteiger partial charge in [0.1, 0.15) is 0 Å². The smallest absolute Gasteiger partial charge is 0.257 e. The number of likely N-dealkylation sites (tertiary alicyclic amines) is 1. The Bertz CT molecular complexity index is 494. The molecule has 2 fully saturated rings. The van der Waals surface area contributed by atoms with Crippen molar-refractivity contribution in [3.63, 3.8) is 0 Å². The topological polar surface area (TPSA) is 58.6 Å². The van der Waals surface area contributed by atoms with E-state index in [0.717, 1.165) is 44.7 Å². The van der Waals surface area contributed by atoms with Crippen molar-refractivity contribution in [3.05, 3.63) is 12.4 Å². The zero-order chi connectivity index (χ0) is 13.9. The van der Waals surface area contributed by atoms with Crippen LogP contribution in [0.1, 0.15) is 25.7 Å². The Labute approximate surface area is 118 Å². The Morgan fingerprint density at radius 1 is 1.25 bits per heavy atom. The quantitative estimate of drug-likeness (QED) is 0.826. The lowest BCUT2D eigenvalue weighted by molar-refractivity contribution is -0.129. The van der Waals surface area contributed by atoms with E-state index in [1.54, 1.807) is 19.5 Å². The van der Waals surface area contributed by atoms with Gasteiger partial charge in [0, 0.05) is 44.5 Å². The fourth-order valence-electron chi connectivity index (χ4n) is 3.14. The maximum atomic E-state index is 11.9. The molecule has 0 bridgehead atoms. The van der Waals surface area contributed by atoms with E-state index < -0.39 is 0 Å². The third-order valence-corrected chi connectivity index (χ3v) is 4.09. The summed E-state index contributed by atoms with van der Waals surface area (Å²) in [6.45, 7) is 2.66. The summed E-state index contributed by atoms with van der Waals surface area (Å²) >= 11 is 0. The molecule has 0 saturated carbocycles. The number of ether oxygens (including phenoxy) is 1. The van der Waals surface area contributed by atoms with Gasteiger partial charge in [-0.05, 0) is 19.3 Å². The van der Waals surface area contributed by atoms with E-state index in [2.05, 4.69) is 14.9 Å². The average molecular weight is 276 g/mol. The summed E-state index contributed by atoms with van der Waals surface area (Å²) < 4.78 is 5.28.